The molecule has 1 saturated heterocycles. The van der Waals surface area contributed by atoms with Crippen LogP contribution in [0.25, 0.3) is 0 Å². The highest BCUT2D eigenvalue weighted by Crippen LogP contribution is 2.36. The number of nitrogens with zero attached hydrogens (tertiary/aromatic N) is 2. The molecule has 0 bridgehead atoms. The van der Waals surface area contributed by atoms with E-state index in [1.807, 2.05) is 18.2 Å². The average molecular weight is 422 g/mol. The van der Waals surface area contributed by atoms with Crippen molar-refractivity contribution >= 4 is 17.5 Å². The highest BCUT2D eigenvalue weighted by molar-refractivity contribution is 6.00. The van der Waals surface area contributed by atoms with Crippen molar-refractivity contribution < 1.29 is 27.9 Å². The fourth-order valence-corrected chi connectivity index (χ4v) is 3.97. The summed E-state index contributed by atoms with van der Waals surface area (Å²) in [7, 11) is 0. The van der Waals surface area contributed by atoms with Gasteiger partial charge in [-0.3, -0.25) is 9.59 Å². The smallest absolute Gasteiger partial charge is 0.228 e. The highest BCUT2D eigenvalue weighted by Gasteiger charge is 2.38. The van der Waals surface area contributed by atoms with E-state index in [-0.39, 0.29) is 18.2 Å². The van der Waals surface area contributed by atoms with Gasteiger partial charge in [0.2, 0.25) is 11.8 Å². The van der Waals surface area contributed by atoms with Gasteiger partial charge in [-0.05, 0) is 36.4 Å². The first kappa shape index (κ1) is 19.3. The predicted molar refractivity (Wildman–Crippen MR) is 110 cm³/mol. The van der Waals surface area contributed by atoms with E-state index in [2.05, 4.69) is 0 Å². The second kappa shape index (κ2) is 8.22. The van der Waals surface area contributed by atoms with E-state index in [0.717, 1.165) is 0 Å². The normalized spacial score (nSPS) is 17.7. The van der Waals surface area contributed by atoms with Crippen molar-refractivity contribution in [2.24, 2.45) is 5.92 Å². The molecule has 1 unspecified atom stereocenters. The number of furan rings is 2. The third kappa shape index (κ3) is 4.01. The fourth-order valence-electron chi connectivity index (χ4n) is 3.97. The first-order valence-electron chi connectivity index (χ1n) is 10.2. The van der Waals surface area contributed by atoms with Gasteiger partial charge in [-0.2, -0.15) is 0 Å². The zero-order valence-electron chi connectivity index (χ0n) is 16.9. The highest BCUT2D eigenvalue weighted by atomic mass is 16.6. The topological polar surface area (TPSA) is 85.4 Å². The van der Waals surface area contributed by atoms with E-state index in [9.17, 15) is 9.59 Å². The third-order valence-corrected chi connectivity index (χ3v) is 5.48. The lowest BCUT2D eigenvalue weighted by Gasteiger charge is -2.24. The lowest BCUT2D eigenvalue weighted by molar-refractivity contribution is -0.137. The maximum atomic E-state index is 13.4. The molecular weight excluding hydrogens is 400 g/mol. The van der Waals surface area contributed by atoms with Crippen molar-refractivity contribution in [3.05, 3.63) is 66.5 Å². The van der Waals surface area contributed by atoms with E-state index in [0.29, 0.717) is 61.6 Å². The van der Waals surface area contributed by atoms with Gasteiger partial charge in [0, 0.05) is 24.7 Å². The summed E-state index contributed by atoms with van der Waals surface area (Å²) >= 11 is 0. The Labute approximate surface area is 178 Å². The van der Waals surface area contributed by atoms with E-state index < -0.39 is 5.92 Å². The number of rotatable bonds is 6. The number of ether oxygens (including phenoxy) is 2. The van der Waals surface area contributed by atoms with Crippen LogP contribution in [0.2, 0.25) is 0 Å². The molecule has 1 atom stereocenters. The number of hydrogen-bond acceptors (Lipinski definition) is 6. The standard InChI is InChI=1S/C23H22N2O6/c26-22-11-16(13-25(22)17-5-6-20-21(12-17)31-10-9-30-20)23(27)24(14-18-3-1-7-28-18)15-19-4-2-8-29-19/h1-8,12,16H,9-11,13-15H2. The Hall–Kier alpha value is -3.68. The molecule has 8 heteroatoms. The monoisotopic (exact) mass is 422 g/mol. The maximum Gasteiger partial charge on any atom is 0.228 e. The summed E-state index contributed by atoms with van der Waals surface area (Å²) < 4.78 is 22.0. The van der Waals surface area contributed by atoms with Gasteiger partial charge >= 0.3 is 0 Å². The van der Waals surface area contributed by atoms with Gasteiger partial charge in [0.15, 0.2) is 11.5 Å². The Morgan fingerprint density at radius 2 is 1.65 bits per heavy atom. The number of carbonyl (C=O) groups excluding carboxylic acids is 2. The number of benzene rings is 1. The Balaban J connectivity index is 1.33. The Morgan fingerprint density at radius 3 is 2.29 bits per heavy atom. The van der Waals surface area contributed by atoms with Gasteiger partial charge in [0.1, 0.15) is 24.7 Å². The summed E-state index contributed by atoms with van der Waals surface area (Å²) in [6.45, 7) is 1.90. The number of anilines is 1. The molecule has 1 fully saturated rings. The van der Waals surface area contributed by atoms with Crippen molar-refractivity contribution in [3.8, 4) is 11.5 Å². The molecule has 0 radical (unpaired) electrons. The molecule has 4 heterocycles. The van der Waals surface area contributed by atoms with E-state index >= 15 is 0 Å². The Kier molecular flexibility index (Phi) is 5.11. The Morgan fingerprint density at radius 1 is 0.968 bits per heavy atom. The summed E-state index contributed by atoms with van der Waals surface area (Å²) in [5, 5.41) is 0. The fraction of sp³-hybridized carbons (Fsp3) is 0.304. The van der Waals surface area contributed by atoms with E-state index in [4.69, 9.17) is 18.3 Å². The first-order chi connectivity index (χ1) is 15.2. The lowest BCUT2D eigenvalue weighted by Crippen LogP contribution is -2.36. The number of hydrogen-bond donors (Lipinski definition) is 0. The molecule has 2 aliphatic heterocycles. The maximum absolute atomic E-state index is 13.4. The summed E-state index contributed by atoms with van der Waals surface area (Å²) in [6.07, 6.45) is 3.31. The van der Waals surface area contributed by atoms with Crippen molar-refractivity contribution in [3.63, 3.8) is 0 Å². The molecule has 8 nitrogen and oxygen atoms in total. The minimum absolute atomic E-state index is 0.0917. The van der Waals surface area contributed by atoms with Crippen LogP contribution in [-0.4, -0.2) is 36.5 Å². The van der Waals surface area contributed by atoms with Gasteiger partial charge < -0.3 is 28.1 Å². The van der Waals surface area contributed by atoms with Gasteiger partial charge in [0.05, 0.1) is 31.5 Å². The zero-order chi connectivity index (χ0) is 21.2. The molecule has 5 rings (SSSR count). The number of fused-ring (bicyclic) bond motifs is 1. The minimum Gasteiger partial charge on any atom is -0.486 e. The van der Waals surface area contributed by atoms with Gasteiger partial charge in [-0.25, -0.2) is 0 Å². The van der Waals surface area contributed by atoms with Crippen LogP contribution in [0.4, 0.5) is 5.69 Å². The molecule has 31 heavy (non-hydrogen) atoms. The summed E-state index contributed by atoms with van der Waals surface area (Å²) in [5.74, 6) is 1.97. The van der Waals surface area contributed by atoms with Crippen LogP contribution in [-0.2, 0) is 22.7 Å². The molecule has 2 aromatic heterocycles. The van der Waals surface area contributed by atoms with Crippen molar-refractivity contribution in [1.29, 1.82) is 0 Å². The predicted octanol–water partition coefficient (Wildman–Crippen LogP) is 3.23. The van der Waals surface area contributed by atoms with Gasteiger partial charge in [-0.1, -0.05) is 0 Å². The van der Waals surface area contributed by atoms with Crippen LogP contribution in [0.1, 0.15) is 17.9 Å². The van der Waals surface area contributed by atoms with E-state index in [1.54, 1.807) is 46.6 Å². The minimum atomic E-state index is -0.453. The second-order valence-corrected chi connectivity index (χ2v) is 7.59. The van der Waals surface area contributed by atoms with Crippen LogP contribution in [0.5, 0.6) is 11.5 Å². The molecular formula is C23H22N2O6. The largest absolute Gasteiger partial charge is 0.486 e. The zero-order valence-corrected chi connectivity index (χ0v) is 16.9. The molecule has 0 N–H and O–H groups in total. The van der Waals surface area contributed by atoms with Crippen LogP contribution in [0.3, 0.4) is 0 Å². The quantitative estimate of drug-likeness (QED) is 0.606. The molecule has 2 amide bonds. The van der Waals surface area contributed by atoms with Crippen LogP contribution in [0.15, 0.2) is 63.8 Å². The van der Waals surface area contributed by atoms with Crippen molar-refractivity contribution in [2.45, 2.75) is 19.5 Å². The van der Waals surface area contributed by atoms with Gasteiger partial charge in [0.25, 0.3) is 0 Å². The summed E-state index contributed by atoms with van der Waals surface area (Å²) in [4.78, 5) is 29.4. The number of carbonyl (C=O) groups is 2. The van der Waals surface area contributed by atoms with Crippen LogP contribution in [0, 0.1) is 5.92 Å². The Bertz CT molecular complexity index is 1020. The van der Waals surface area contributed by atoms with Crippen LogP contribution >= 0.6 is 0 Å². The molecule has 0 spiro atoms. The number of amides is 2. The second-order valence-electron chi connectivity index (χ2n) is 7.59. The molecule has 160 valence electrons. The molecule has 2 aliphatic rings. The van der Waals surface area contributed by atoms with Gasteiger partial charge in [-0.15, -0.1) is 0 Å². The lowest BCUT2D eigenvalue weighted by atomic mass is 10.1. The molecule has 0 aliphatic carbocycles. The third-order valence-electron chi connectivity index (χ3n) is 5.48. The molecule has 0 saturated carbocycles. The first-order valence-corrected chi connectivity index (χ1v) is 10.2. The van der Waals surface area contributed by atoms with Crippen molar-refractivity contribution in [1.82, 2.24) is 4.90 Å². The summed E-state index contributed by atoms with van der Waals surface area (Å²) in [6, 6.07) is 12.6. The average Bonchev–Trinajstić information content (AvgIpc) is 3.55. The van der Waals surface area contributed by atoms with E-state index in [1.165, 1.54) is 0 Å². The molecule has 1 aromatic carbocycles. The van der Waals surface area contributed by atoms with Crippen molar-refractivity contribution in [2.75, 3.05) is 24.7 Å². The van der Waals surface area contributed by atoms with Crippen LogP contribution < -0.4 is 14.4 Å². The SMILES string of the molecule is O=C(C1CC(=O)N(c2ccc3c(c2)OCCO3)C1)N(Cc1ccco1)Cc1ccco1. The molecule has 3 aromatic rings. The summed E-state index contributed by atoms with van der Waals surface area (Å²) in [5.41, 5.74) is 0.702.